The number of rotatable bonds is 2. The minimum Gasteiger partial charge on any atom is -0.342 e. The van der Waals surface area contributed by atoms with Gasteiger partial charge < -0.3 is 9.47 Å². The summed E-state index contributed by atoms with van der Waals surface area (Å²) < 4.78 is 2.09. The van der Waals surface area contributed by atoms with Gasteiger partial charge in [-0.1, -0.05) is 0 Å². The highest BCUT2D eigenvalue weighted by molar-refractivity contribution is 5.79. The summed E-state index contributed by atoms with van der Waals surface area (Å²) >= 11 is 0. The normalized spacial score (nSPS) is 22.1. The summed E-state index contributed by atoms with van der Waals surface area (Å²) in [4.78, 5) is 32.9. The SMILES string of the molecule is O=C(C1CCc2nccn2C1)N1CCC(c2n[nH]c(=O)[nH]2)CC1. The number of aromatic nitrogens is 5. The van der Waals surface area contributed by atoms with Crippen molar-refractivity contribution < 1.29 is 4.79 Å². The molecule has 1 amide bonds. The van der Waals surface area contributed by atoms with E-state index in [0.717, 1.165) is 51.1 Å². The Morgan fingerprint density at radius 2 is 2.09 bits per heavy atom. The molecule has 2 aliphatic heterocycles. The number of nitrogens with zero attached hydrogens (tertiary/aromatic N) is 4. The van der Waals surface area contributed by atoms with E-state index in [4.69, 9.17) is 0 Å². The smallest absolute Gasteiger partial charge is 0.340 e. The number of carbonyl (C=O) groups is 1. The number of aryl methyl sites for hydroxylation is 1. The van der Waals surface area contributed by atoms with E-state index in [-0.39, 0.29) is 23.4 Å². The topological polar surface area (TPSA) is 99.7 Å². The number of aromatic amines is 2. The molecule has 0 saturated carbocycles. The third-order valence-corrected chi connectivity index (χ3v) is 5.00. The summed E-state index contributed by atoms with van der Waals surface area (Å²) in [6.45, 7) is 2.19. The zero-order valence-corrected chi connectivity index (χ0v) is 12.9. The lowest BCUT2D eigenvalue weighted by Gasteiger charge is -2.34. The van der Waals surface area contributed by atoms with Crippen molar-refractivity contribution in [2.45, 2.75) is 38.1 Å². The first-order valence-electron chi connectivity index (χ1n) is 8.14. The van der Waals surface area contributed by atoms with Gasteiger partial charge in [0.1, 0.15) is 11.6 Å². The van der Waals surface area contributed by atoms with Crippen molar-refractivity contribution in [3.8, 4) is 0 Å². The Morgan fingerprint density at radius 3 is 2.83 bits per heavy atom. The standard InChI is InChI=1S/C15H20N6O2/c22-14(11-1-2-12-16-5-8-21(12)9-11)20-6-3-10(4-7-20)13-17-15(23)19-18-13/h5,8,10-11H,1-4,6-7,9H2,(H2,17,18,19,23). The summed E-state index contributed by atoms with van der Waals surface area (Å²) in [5.74, 6) is 2.32. The largest absolute Gasteiger partial charge is 0.342 e. The molecule has 2 aromatic rings. The molecule has 8 heteroatoms. The van der Waals surface area contributed by atoms with Gasteiger partial charge in [0.05, 0.1) is 5.92 Å². The number of H-pyrrole nitrogens is 2. The maximum Gasteiger partial charge on any atom is 0.340 e. The first kappa shape index (κ1) is 14.2. The highest BCUT2D eigenvalue weighted by Crippen LogP contribution is 2.27. The van der Waals surface area contributed by atoms with Crippen molar-refractivity contribution in [2.75, 3.05) is 13.1 Å². The van der Waals surface area contributed by atoms with Crippen molar-refractivity contribution in [3.63, 3.8) is 0 Å². The van der Waals surface area contributed by atoms with Crippen LogP contribution in [-0.4, -0.2) is 48.6 Å². The molecule has 0 aliphatic carbocycles. The average molecular weight is 316 g/mol. The van der Waals surface area contributed by atoms with Crippen molar-refractivity contribution >= 4 is 5.91 Å². The number of imidazole rings is 1. The molecule has 2 aromatic heterocycles. The van der Waals surface area contributed by atoms with Crippen molar-refractivity contribution in [3.05, 3.63) is 34.5 Å². The number of hydrogen-bond acceptors (Lipinski definition) is 4. The van der Waals surface area contributed by atoms with E-state index in [1.54, 1.807) is 6.20 Å². The molecule has 2 aliphatic rings. The summed E-state index contributed by atoms with van der Waals surface area (Å²) in [5, 5.41) is 6.42. The number of piperidine rings is 1. The van der Waals surface area contributed by atoms with Gasteiger partial charge >= 0.3 is 5.69 Å². The highest BCUT2D eigenvalue weighted by atomic mass is 16.2. The molecule has 2 N–H and O–H groups in total. The van der Waals surface area contributed by atoms with Crippen molar-refractivity contribution in [1.82, 2.24) is 29.6 Å². The Kier molecular flexibility index (Phi) is 3.51. The summed E-state index contributed by atoms with van der Waals surface area (Å²) in [5.41, 5.74) is -0.267. The Hall–Kier alpha value is -2.38. The molecule has 23 heavy (non-hydrogen) atoms. The summed E-state index contributed by atoms with van der Waals surface area (Å²) in [6, 6.07) is 0. The lowest BCUT2D eigenvalue weighted by molar-refractivity contribution is -0.137. The van der Waals surface area contributed by atoms with Gasteiger partial charge in [-0.2, -0.15) is 5.10 Å². The van der Waals surface area contributed by atoms with Crippen LogP contribution in [-0.2, 0) is 17.8 Å². The predicted octanol–water partition coefficient (Wildman–Crippen LogP) is 0.263. The summed E-state index contributed by atoms with van der Waals surface area (Å²) in [6.07, 6.45) is 7.19. The van der Waals surface area contributed by atoms with E-state index >= 15 is 0 Å². The maximum absolute atomic E-state index is 12.7. The lowest BCUT2D eigenvalue weighted by Crippen LogP contribution is -2.43. The van der Waals surface area contributed by atoms with Gasteiger partial charge in [-0.3, -0.25) is 9.78 Å². The van der Waals surface area contributed by atoms with E-state index in [1.165, 1.54) is 0 Å². The highest BCUT2D eigenvalue weighted by Gasteiger charge is 2.31. The van der Waals surface area contributed by atoms with Gasteiger partial charge in [-0.25, -0.2) is 14.9 Å². The van der Waals surface area contributed by atoms with Gasteiger partial charge in [0.2, 0.25) is 5.91 Å². The molecule has 8 nitrogen and oxygen atoms in total. The van der Waals surface area contributed by atoms with E-state index < -0.39 is 0 Å². The number of amides is 1. The molecule has 4 rings (SSSR count). The number of carbonyl (C=O) groups excluding carboxylic acids is 1. The van der Waals surface area contributed by atoms with Gasteiger partial charge in [-0.05, 0) is 19.3 Å². The first-order valence-corrected chi connectivity index (χ1v) is 8.14. The van der Waals surface area contributed by atoms with Crippen LogP contribution in [0.4, 0.5) is 0 Å². The van der Waals surface area contributed by atoms with Gasteiger partial charge in [0.25, 0.3) is 0 Å². The molecule has 0 bridgehead atoms. The zero-order chi connectivity index (χ0) is 15.8. The van der Waals surface area contributed by atoms with E-state index in [1.807, 2.05) is 11.1 Å². The molecular weight excluding hydrogens is 296 g/mol. The van der Waals surface area contributed by atoms with Crippen molar-refractivity contribution in [1.29, 1.82) is 0 Å². The Balaban J connectivity index is 1.37. The van der Waals surface area contributed by atoms with Crippen LogP contribution in [0.1, 0.15) is 36.8 Å². The monoisotopic (exact) mass is 316 g/mol. The van der Waals surface area contributed by atoms with Crippen LogP contribution in [0.3, 0.4) is 0 Å². The van der Waals surface area contributed by atoms with Crippen molar-refractivity contribution in [2.24, 2.45) is 5.92 Å². The minimum atomic E-state index is -0.267. The van der Waals surface area contributed by atoms with Crippen LogP contribution in [0.2, 0.25) is 0 Å². The van der Waals surface area contributed by atoms with Gasteiger partial charge in [0.15, 0.2) is 0 Å². The second-order valence-corrected chi connectivity index (χ2v) is 6.39. The molecule has 0 spiro atoms. The lowest BCUT2D eigenvalue weighted by atomic mass is 9.93. The second kappa shape index (κ2) is 5.68. The molecule has 1 atom stereocenters. The molecular formula is C15H20N6O2. The molecule has 122 valence electrons. The van der Waals surface area contributed by atoms with Gasteiger partial charge in [0, 0.05) is 44.4 Å². The molecule has 4 heterocycles. The maximum atomic E-state index is 12.7. The van der Waals surface area contributed by atoms with Crippen LogP contribution in [0, 0.1) is 5.92 Å². The van der Waals surface area contributed by atoms with Crippen LogP contribution >= 0.6 is 0 Å². The summed E-state index contributed by atoms with van der Waals surface area (Å²) in [7, 11) is 0. The third kappa shape index (κ3) is 2.69. The van der Waals surface area contributed by atoms with E-state index in [0.29, 0.717) is 5.82 Å². The molecule has 1 unspecified atom stereocenters. The van der Waals surface area contributed by atoms with Crippen LogP contribution in [0.5, 0.6) is 0 Å². The minimum absolute atomic E-state index is 0.0541. The predicted molar refractivity (Wildman–Crippen MR) is 81.8 cm³/mol. The van der Waals surface area contributed by atoms with Crippen LogP contribution < -0.4 is 5.69 Å². The van der Waals surface area contributed by atoms with Gasteiger partial charge in [-0.15, -0.1) is 0 Å². The molecule has 1 saturated heterocycles. The number of fused-ring (bicyclic) bond motifs is 1. The Labute approximate surface area is 132 Å². The fraction of sp³-hybridized carbons (Fsp3) is 0.600. The zero-order valence-electron chi connectivity index (χ0n) is 12.9. The fourth-order valence-electron chi connectivity index (χ4n) is 3.68. The number of likely N-dealkylation sites (tertiary alicyclic amines) is 1. The average Bonchev–Trinajstić information content (AvgIpc) is 3.22. The Morgan fingerprint density at radius 1 is 1.26 bits per heavy atom. The molecule has 0 radical (unpaired) electrons. The fourth-order valence-corrected chi connectivity index (χ4v) is 3.68. The molecule has 1 fully saturated rings. The van der Waals surface area contributed by atoms with E-state index in [2.05, 4.69) is 24.7 Å². The number of hydrogen-bond donors (Lipinski definition) is 2. The first-order chi connectivity index (χ1) is 11.2. The number of nitrogens with one attached hydrogen (secondary N) is 2. The Bertz CT molecular complexity index is 752. The van der Waals surface area contributed by atoms with E-state index in [9.17, 15) is 9.59 Å². The van der Waals surface area contributed by atoms with Crippen LogP contribution in [0.15, 0.2) is 17.2 Å². The van der Waals surface area contributed by atoms with Crippen LogP contribution in [0.25, 0.3) is 0 Å². The second-order valence-electron chi connectivity index (χ2n) is 6.39. The third-order valence-electron chi connectivity index (χ3n) is 5.00. The quantitative estimate of drug-likeness (QED) is 0.830. The molecule has 0 aromatic carbocycles.